The van der Waals surface area contributed by atoms with Crippen LogP contribution in [0.1, 0.15) is 32.3 Å². The van der Waals surface area contributed by atoms with Crippen LogP contribution in [-0.2, 0) is 6.42 Å². The number of rotatable bonds is 5. The molecule has 2 heteroatoms. The van der Waals surface area contributed by atoms with Crippen LogP contribution in [0.15, 0.2) is 16.8 Å². The summed E-state index contributed by atoms with van der Waals surface area (Å²) in [5, 5.41) is 5.52. The van der Waals surface area contributed by atoms with Crippen molar-refractivity contribution in [1.29, 1.82) is 0 Å². The quantitative estimate of drug-likeness (QED) is 0.685. The number of hydrogen-bond acceptors (Lipinski definition) is 1. The molecule has 1 atom stereocenters. The van der Waals surface area contributed by atoms with Gasteiger partial charge >= 0.3 is 0 Å². The van der Waals surface area contributed by atoms with E-state index in [4.69, 9.17) is 0 Å². The third-order valence-corrected chi connectivity index (χ3v) is 4.47. The Kier molecular flexibility index (Phi) is 4.47. The van der Waals surface area contributed by atoms with Crippen molar-refractivity contribution in [2.24, 2.45) is 5.41 Å². The second kappa shape index (κ2) is 5.16. The average Bonchev–Trinajstić information content (AvgIpc) is 2.57. The first-order chi connectivity index (χ1) is 6.20. The smallest absolute Gasteiger partial charge is 0.00885 e. The lowest BCUT2D eigenvalue weighted by atomic mass is 9.82. The van der Waals surface area contributed by atoms with Crippen LogP contribution in [0.4, 0.5) is 0 Å². The summed E-state index contributed by atoms with van der Waals surface area (Å²) < 4.78 is 0. The van der Waals surface area contributed by atoms with Gasteiger partial charge in [0.15, 0.2) is 0 Å². The molecule has 74 valence electrons. The molecule has 1 unspecified atom stereocenters. The van der Waals surface area contributed by atoms with E-state index in [1.165, 1.54) is 24.8 Å². The normalized spacial score (nSPS) is 15.6. The molecule has 0 aliphatic carbocycles. The first-order valence-electron chi connectivity index (χ1n) is 4.77. The first-order valence-corrected chi connectivity index (χ1v) is 6.83. The molecule has 0 amide bonds. The van der Waals surface area contributed by atoms with E-state index in [2.05, 4.69) is 46.6 Å². The van der Waals surface area contributed by atoms with Gasteiger partial charge in [0.1, 0.15) is 0 Å². The van der Waals surface area contributed by atoms with Crippen LogP contribution in [0.3, 0.4) is 0 Å². The van der Waals surface area contributed by atoms with E-state index >= 15 is 0 Å². The van der Waals surface area contributed by atoms with E-state index in [1.54, 1.807) is 11.3 Å². The number of alkyl halides is 1. The van der Waals surface area contributed by atoms with Gasteiger partial charge in [-0.3, -0.25) is 0 Å². The van der Waals surface area contributed by atoms with Crippen LogP contribution in [0.5, 0.6) is 0 Å². The number of hydrogen-bond donors (Lipinski definition) is 0. The summed E-state index contributed by atoms with van der Waals surface area (Å²) in [4.78, 5) is 0. The highest BCUT2D eigenvalue weighted by Gasteiger charge is 2.22. The van der Waals surface area contributed by atoms with Crippen molar-refractivity contribution in [1.82, 2.24) is 0 Å². The summed E-state index contributed by atoms with van der Waals surface area (Å²) in [6, 6.07) is 2.24. The summed E-state index contributed by atoms with van der Waals surface area (Å²) in [5.41, 5.74) is 1.93. The third-order valence-electron chi connectivity index (χ3n) is 2.39. The van der Waals surface area contributed by atoms with Crippen molar-refractivity contribution < 1.29 is 0 Å². The fourth-order valence-corrected chi connectivity index (χ4v) is 2.84. The monoisotopic (exact) mass is 260 g/mol. The molecule has 13 heavy (non-hydrogen) atoms. The summed E-state index contributed by atoms with van der Waals surface area (Å²) in [6.45, 7) is 4.62. The zero-order chi connectivity index (χ0) is 9.73. The predicted molar refractivity (Wildman–Crippen MR) is 64.8 cm³/mol. The second-order valence-corrected chi connectivity index (χ2v) is 5.34. The van der Waals surface area contributed by atoms with Crippen molar-refractivity contribution in [3.8, 4) is 0 Å². The zero-order valence-electron chi connectivity index (χ0n) is 8.35. The molecule has 0 N–H and O–H groups in total. The fraction of sp³-hybridized carbons (Fsp3) is 0.636. The van der Waals surface area contributed by atoms with Gasteiger partial charge < -0.3 is 0 Å². The molecule has 1 aromatic rings. The SMILES string of the molecule is CCCC(C)(CBr)Cc1ccsc1. The van der Waals surface area contributed by atoms with E-state index in [0.29, 0.717) is 5.41 Å². The highest BCUT2D eigenvalue weighted by molar-refractivity contribution is 9.09. The molecule has 0 radical (unpaired) electrons. The molecular formula is C11H17BrS. The summed E-state index contributed by atoms with van der Waals surface area (Å²) in [6.07, 6.45) is 3.77. The molecule has 1 heterocycles. The van der Waals surface area contributed by atoms with Crippen LogP contribution in [0, 0.1) is 5.41 Å². The lowest BCUT2D eigenvalue weighted by molar-refractivity contribution is 0.341. The highest BCUT2D eigenvalue weighted by atomic mass is 79.9. The van der Waals surface area contributed by atoms with Crippen molar-refractivity contribution in [3.05, 3.63) is 22.4 Å². The van der Waals surface area contributed by atoms with Crippen molar-refractivity contribution in [2.45, 2.75) is 33.1 Å². The van der Waals surface area contributed by atoms with Gasteiger partial charge in [-0.15, -0.1) is 0 Å². The van der Waals surface area contributed by atoms with Crippen LogP contribution >= 0.6 is 27.3 Å². The standard InChI is InChI=1S/C11H17BrS/c1-3-5-11(2,9-12)7-10-4-6-13-8-10/h4,6,8H,3,5,7,9H2,1-2H3. The van der Waals surface area contributed by atoms with Crippen molar-refractivity contribution in [3.63, 3.8) is 0 Å². The maximum absolute atomic E-state index is 3.62. The minimum Gasteiger partial charge on any atom is -0.152 e. The Morgan fingerprint density at radius 2 is 2.31 bits per heavy atom. The fourth-order valence-electron chi connectivity index (χ4n) is 1.69. The number of thiophene rings is 1. The van der Waals surface area contributed by atoms with Crippen LogP contribution < -0.4 is 0 Å². The Morgan fingerprint density at radius 3 is 2.77 bits per heavy atom. The van der Waals surface area contributed by atoms with E-state index in [9.17, 15) is 0 Å². The van der Waals surface area contributed by atoms with Gasteiger partial charge in [-0.1, -0.05) is 36.2 Å². The molecule has 0 spiro atoms. The molecule has 0 aromatic carbocycles. The van der Waals surface area contributed by atoms with Gasteiger partial charge in [0.25, 0.3) is 0 Å². The Hall–Kier alpha value is 0.180. The van der Waals surface area contributed by atoms with E-state index in [0.717, 1.165) is 5.33 Å². The summed E-state index contributed by atoms with van der Waals surface area (Å²) in [7, 11) is 0. The maximum Gasteiger partial charge on any atom is 0.00885 e. The van der Waals surface area contributed by atoms with Gasteiger partial charge in [-0.05, 0) is 40.6 Å². The molecule has 1 rings (SSSR count). The minimum atomic E-state index is 0.440. The molecule has 0 bridgehead atoms. The van der Waals surface area contributed by atoms with Gasteiger partial charge in [0.05, 0.1) is 0 Å². The maximum atomic E-state index is 3.62. The Bertz CT molecular complexity index is 230. The lowest BCUT2D eigenvalue weighted by Crippen LogP contribution is -2.20. The molecule has 1 aromatic heterocycles. The molecule has 0 saturated heterocycles. The average molecular weight is 261 g/mol. The van der Waals surface area contributed by atoms with Crippen molar-refractivity contribution in [2.75, 3.05) is 5.33 Å². The second-order valence-electron chi connectivity index (χ2n) is 4.00. The Morgan fingerprint density at radius 1 is 1.54 bits per heavy atom. The van der Waals surface area contributed by atoms with Gasteiger partial charge in [0, 0.05) is 5.33 Å². The van der Waals surface area contributed by atoms with E-state index in [-0.39, 0.29) is 0 Å². The molecular weight excluding hydrogens is 244 g/mol. The van der Waals surface area contributed by atoms with Crippen LogP contribution in [-0.4, -0.2) is 5.33 Å². The topological polar surface area (TPSA) is 0 Å². The highest BCUT2D eigenvalue weighted by Crippen LogP contribution is 2.30. The lowest BCUT2D eigenvalue weighted by Gasteiger charge is -2.26. The Labute approximate surface area is 93.5 Å². The molecule has 0 aliphatic rings. The summed E-state index contributed by atoms with van der Waals surface area (Å²) >= 11 is 5.42. The van der Waals surface area contributed by atoms with Gasteiger partial charge in [0.2, 0.25) is 0 Å². The molecule has 0 aliphatic heterocycles. The van der Waals surface area contributed by atoms with Crippen LogP contribution in [0.25, 0.3) is 0 Å². The third kappa shape index (κ3) is 3.43. The molecule has 0 nitrogen and oxygen atoms in total. The Balaban J connectivity index is 2.58. The predicted octanol–water partition coefficient (Wildman–Crippen LogP) is 4.49. The largest absolute Gasteiger partial charge is 0.152 e. The molecule has 0 fully saturated rings. The molecule has 0 saturated carbocycles. The minimum absolute atomic E-state index is 0.440. The van der Waals surface area contributed by atoms with Gasteiger partial charge in [-0.25, -0.2) is 0 Å². The van der Waals surface area contributed by atoms with E-state index < -0.39 is 0 Å². The van der Waals surface area contributed by atoms with Crippen molar-refractivity contribution >= 4 is 27.3 Å². The zero-order valence-corrected chi connectivity index (χ0v) is 10.7. The summed E-state index contributed by atoms with van der Waals surface area (Å²) in [5.74, 6) is 0. The van der Waals surface area contributed by atoms with E-state index in [1.807, 2.05) is 0 Å². The first kappa shape index (κ1) is 11.3. The number of halogens is 1. The van der Waals surface area contributed by atoms with Gasteiger partial charge in [-0.2, -0.15) is 11.3 Å². The van der Waals surface area contributed by atoms with Crippen LogP contribution in [0.2, 0.25) is 0 Å².